The normalized spacial score (nSPS) is 16.6. The summed E-state index contributed by atoms with van der Waals surface area (Å²) < 4.78 is 7.55. The molecule has 2 aromatic rings. The maximum absolute atomic E-state index is 11.7. The van der Waals surface area contributed by atoms with Crippen LogP contribution in [0.4, 0.5) is 5.69 Å². The number of hydrogen-bond acceptors (Lipinski definition) is 5. The molecular formula is C17H19BrCl2N4O2. The number of benzene rings is 1. The molecule has 1 aliphatic heterocycles. The molecule has 1 saturated heterocycles. The quantitative estimate of drug-likeness (QED) is 0.634. The Kier molecular flexibility index (Phi) is 6.12. The first-order valence-electron chi connectivity index (χ1n) is 8.14. The third-order valence-electron chi connectivity index (χ3n) is 4.52. The van der Waals surface area contributed by atoms with Crippen LogP contribution in [0, 0.1) is 6.92 Å². The number of rotatable bonds is 5. The molecule has 3 rings (SSSR count). The van der Waals surface area contributed by atoms with Gasteiger partial charge in [0.2, 0.25) is 0 Å². The van der Waals surface area contributed by atoms with Crippen molar-refractivity contribution in [3.63, 3.8) is 0 Å². The van der Waals surface area contributed by atoms with Crippen LogP contribution >= 0.6 is 39.1 Å². The second kappa shape index (κ2) is 8.17. The highest BCUT2D eigenvalue weighted by molar-refractivity contribution is 9.10. The summed E-state index contributed by atoms with van der Waals surface area (Å²) in [4.78, 5) is 16.1. The minimum absolute atomic E-state index is 0.488. The number of aldehydes is 1. The van der Waals surface area contributed by atoms with Crippen LogP contribution in [0.15, 0.2) is 22.8 Å². The predicted molar refractivity (Wildman–Crippen MR) is 107 cm³/mol. The highest BCUT2D eigenvalue weighted by Gasteiger charge is 2.28. The van der Waals surface area contributed by atoms with Crippen LogP contribution < -0.4 is 9.64 Å². The lowest BCUT2D eigenvalue weighted by atomic mass is 10.2. The molecule has 140 valence electrons. The van der Waals surface area contributed by atoms with Crippen molar-refractivity contribution >= 4 is 51.1 Å². The number of methoxy groups -OCH3 is 1. The second-order valence-corrected chi connectivity index (χ2v) is 7.56. The van der Waals surface area contributed by atoms with Gasteiger partial charge >= 0.3 is 0 Å². The summed E-state index contributed by atoms with van der Waals surface area (Å²) in [5, 5.41) is 5.51. The van der Waals surface area contributed by atoms with E-state index in [4.69, 9.17) is 27.9 Å². The number of hydrogen-bond donors (Lipinski definition) is 0. The van der Waals surface area contributed by atoms with Crippen molar-refractivity contribution in [1.82, 2.24) is 14.7 Å². The van der Waals surface area contributed by atoms with E-state index in [1.54, 1.807) is 11.8 Å². The molecule has 0 N–H and O–H groups in total. The third-order valence-corrected chi connectivity index (χ3v) is 6.27. The molecule has 0 spiro atoms. The third kappa shape index (κ3) is 3.71. The monoisotopic (exact) mass is 460 g/mol. The number of aromatic nitrogens is 2. The van der Waals surface area contributed by atoms with Crippen LogP contribution in [0.1, 0.15) is 11.9 Å². The van der Waals surface area contributed by atoms with Gasteiger partial charge in [-0.1, -0.05) is 23.2 Å². The molecule has 1 aliphatic rings. The summed E-state index contributed by atoms with van der Waals surface area (Å²) in [6.07, 6.45) is 0.409. The Labute approximate surface area is 170 Å². The van der Waals surface area contributed by atoms with E-state index in [0.29, 0.717) is 26.1 Å². The SMILES string of the molecule is COc1cc(N2CCN(C(C=O)n3nc(C)c(Cl)c3Br)CC2)ccc1Cl. The first-order valence-corrected chi connectivity index (χ1v) is 9.69. The summed E-state index contributed by atoms with van der Waals surface area (Å²) in [7, 11) is 1.60. The number of piperazine rings is 1. The highest BCUT2D eigenvalue weighted by Crippen LogP contribution is 2.31. The van der Waals surface area contributed by atoms with Gasteiger partial charge in [0, 0.05) is 37.9 Å². The van der Waals surface area contributed by atoms with Gasteiger partial charge in [-0.05, 0) is 35.0 Å². The fourth-order valence-corrected chi connectivity index (χ4v) is 3.96. The van der Waals surface area contributed by atoms with Gasteiger partial charge in [-0.2, -0.15) is 5.10 Å². The van der Waals surface area contributed by atoms with Crippen molar-refractivity contribution in [2.45, 2.75) is 13.1 Å². The van der Waals surface area contributed by atoms with E-state index in [2.05, 4.69) is 30.8 Å². The molecule has 1 unspecified atom stereocenters. The molecule has 1 fully saturated rings. The van der Waals surface area contributed by atoms with Gasteiger partial charge in [-0.15, -0.1) is 0 Å². The Morgan fingerprint density at radius 3 is 2.50 bits per heavy atom. The summed E-state index contributed by atoms with van der Waals surface area (Å²) >= 11 is 15.7. The van der Waals surface area contributed by atoms with Crippen LogP contribution in [0.2, 0.25) is 10.0 Å². The molecule has 1 aromatic heterocycles. The zero-order valence-electron chi connectivity index (χ0n) is 14.5. The summed E-state index contributed by atoms with van der Waals surface area (Å²) in [6, 6.07) is 5.75. The first-order chi connectivity index (χ1) is 12.5. The Balaban J connectivity index is 1.73. The number of carbonyl (C=O) groups is 1. The molecule has 0 aliphatic carbocycles. The minimum Gasteiger partial charge on any atom is -0.495 e. The molecule has 0 bridgehead atoms. The lowest BCUT2D eigenvalue weighted by molar-refractivity contribution is -0.116. The van der Waals surface area contributed by atoms with E-state index in [0.717, 1.165) is 38.2 Å². The van der Waals surface area contributed by atoms with E-state index >= 15 is 0 Å². The smallest absolute Gasteiger partial charge is 0.161 e. The first kappa shape index (κ1) is 19.5. The van der Waals surface area contributed by atoms with E-state index in [1.165, 1.54) is 0 Å². The van der Waals surface area contributed by atoms with E-state index < -0.39 is 6.17 Å². The van der Waals surface area contributed by atoms with Gasteiger partial charge < -0.3 is 9.64 Å². The van der Waals surface area contributed by atoms with Gasteiger partial charge in [-0.25, -0.2) is 4.68 Å². The number of halogens is 3. The van der Waals surface area contributed by atoms with Crippen LogP contribution in [0.25, 0.3) is 0 Å². The summed E-state index contributed by atoms with van der Waals surface area (Å²) in [6.45, 7) is 4.81. The topological polar surface area (TPSA) is 50.6 Å². The highest BCUT2D eigenvalue weighted by atomic mass is 79.9. The van der Waals surface area contributed by atoms with Gasteiger partial charge in [0.1, 0.15) is 10.4 Å². The lowest BCUT2D eigenvalue weighted by Gasteiger charge is -2.38. The van der Waals surface area contributed by atoms with Crippen molar-refractivity contribution in [1.29, 1.82) is 0 Å². The van der Waals surface area contributed by atoms with Crippen LogP contribution in [-0.2, 0) is 4.79 Å². The van der Waals surface area contributed by atoms with E-state index in [9.17, 15) is 4.79 Å². The van der Waals surface area contributed by atoms with E-state index in [-0.39, 0.29) is 0 Å². The van der Waals surface area contributed by atoms with Gasteiger partial charge in [0.15, 0.2) is 12.5 Å². The average molecular weight is 462 g/mol. The number of ether oxygens (including phenoxy) is 1. The molecule has 0 amide bonds. The zero-order chi connectivity index (χ0) is 18.8. The van der Waals surface area contributed by atoms with Gasteiger partial charge in [0.05, 0.1) is 22.8 Å². The van der Waals surface area contributed by atoms with Crippen molar-refractivity contribution in [3.8, 4) is 5.75 Å². The molecule has 0 radical (unpaired) electrons. The van der Waals surface area contributed by atoms with Crippen molar-refractivity contribution in [3.05, 3.63) is 38.5 Å². The number of anilines is 1. The molecule has 0 saturated carbocycles. The summed E-state index contributed by atoms with van der Waals surface area (Å²) in [5.74, 6) is 0.656. The largest absolute Gasteiger partial charge is 0.495 e. The molecule has 26 heavy (non-hydrogen) atoms. The molecular weight excluding hydrogens is 443 g/mol. The maximum Gasteiger partial charge on any atom is 0.161 e. The Morgan fingerprint density at radius 1 is 1.27 bits per heavy atom. The standard InChI is InChI=1S/C17H19BrCl2N4O2/c1-11-16(20)17(18)24(21-11)15(10-25)23-7-5-22(6-8-23)12-3-4-13(19)14(9-12)26-2/h3-4,9-10,15H,5-8H2,1-2H3. The van der Waals surface area contributed by atoms with Gasteiger partial charge in [-0.3, -0.25) is 9.69 Å². The van der Waals surface area contributed by atoms with Crippen LogP contribution in [0.5, 0.6) is 5.75 Å². The van der Waals surface area contributed by atoms with Crippen LogP contribution in [0.3, 0.4) is 0 Å². The maximum atomic E-state index is 11.7. The molecule has 1 atom stereocenters. The molecule has 2 heterocycles. The van der Waals surface area contributed by atoms with Crippen LogP contribution in [-0.4, -0.2) is 54.3 Å². The second-order valence-electron chi connectivity index (χ2n) is 6.03. The van der Waals surface area contributed by atoms with Crippen molar-refractivity contribution in [2.24, 2.45) is 0 Å². The molecule has 9 heteroatoms. The fourth-order valence-electron chi connectivity index (χ4n) is 3.06. The Bertz CT molecular complexity index is 806. The number of nitrogens with zero attached hydrogens (tertiary/aromatic N) is 4. The molecule has 1 aromatic carbocycles. The fraction of sp³-hybridized carbons (Fsp3) is 0.412. The van der Waals surface area contributed by atoms with E-state index in [1.807, 2.05) is 25.1 Å². The zero-order valence-corrected chi connectivity index (χ0v) is 17.6. The number of aryl methyl sites for hydroxylation is 1. The van der Waals surface area contributed by atoms with Crippen molar-refractivity contribution in [2.75, 3.05) is 38.2 Å². The summed E-state index contributed by atoms with van der Waals surface area (Å²) in [5.41, 5.74) is 1.74. The minimum atomic E-state index is -0.488. The molecule has 6 nitrogen and oxygen atoms in total. The lowest BCUT2D eigenvalue weighted by Crippen LogP contribution is -2.49. The van der Waals surface area contributed by atoms with Gasteiger partial charge in [0.25, 0.3) is 0 Å². The number of carbonyl (C=O) groups excluding carboxylic acids is 1. The predicted octanol–water partition coefficient (Wildman–Crippen LogP) is 3.79. The average Bonchev–Trinajstić information content (AvgIpc) is 2.91. The Hall–Kier alpha value is -1.28. The Morgan fingerprint density at radius 2 is 1.96 bits per heavy atom. The van der Waals surface area contributed by atoms with Crippen molar-refractivity contribution < 1.29 is 9.53 Å².